The first-order valence-corrected chi connectivity index (χ1v) is 9.23. The van der Waals surface area contributed by atoms with Crippen LogP contribution in [0.25, 0.3) is 0 Å². The molecule has 3 aliphatic heterocycles. The molecule has 0 unspecified atom stereocenters. The molecule has 1 aromatic carbocycles. The molecule has 3 heteroatoms. The topological polar surface area (TPSA) is 27.3 Å². The predicted molar refractivity (Wildman–Crippen MR) is 92.3 cm³/mol. The Hall–Kier alpha value is -1.06. The summed E-state index contributed by atoms with van der Waals surface area (Å²) in [6.45, 7) is 3.60. The molecule has 0 spiro atoms. The molecular formula is C19H29N3. The van der Waals surface area contributed by atoms with Crippen molar-refractivity contribution in [2.75, 3.05) is 25.0 Å². The van der Waals surface area contributed by atoms with Crippen LogP contribution in [0, 0.1) is 0 Å². The summed E-state index contributed by atoms with van der Waals surface area (Å²) in [6, 6.07) is 11.5. The number of nitrogens with zero attached hydrogens (tertiary/aromatic N) is 1. The number of hydrogen-bond donors (Lipinski definition) is 2. The highest BCUT2D eigenvalue weighted by molar-refractivity contribution is 5.46. The van der Waals surface area contributed by atoms with Gasteiger partial charge in [0.25, 0.3) is 0 Å². The van der Waals surface area contributed by atoms with E-state index in [1.807, 2.05) is 0 Å². The number of rotatable bonds is 3. The summed E-state index contributed by atoms with van der Waals surface area (Å²) in [5.74, 6) is 0. The van der Waals surface area contributed by atoms with Gasteiger partial charge in [0.2, 0.25) is 0 Å². The zero-order chi connectivity index (χ0) is 14.8. The maximum absolute atomic E-state index is 3.70. The van der Waals surface area contributed by atoms with E-state index in [4.69, 9.17) is 0 Å². The molecule has 2 N–H and O–H groups in total. The first-order chi connectivity index (χ1) is 10.9. The molecule has 3 nitrogen and oxygen atoms in total. The molecule has 4 rings (SSSR count). The minimum absolute atomic E-state index is 0.644. The van der Waals surface area contributed by atoms with Gasteiger partial charge in [0, 0.05) is 23.8 Å². The van der Waals surface area contributed by atoms with Crippen LogP contribution in [-0.2, 0) is 0 Å². The molecule has 2 atom stereocenters. The highest BCUT2D eigenvalue weighted by atomic mass is 15.2. The van der Waals surface area contributed by atoms with E-state index in [1.165, 1.54) is 62.7 Å². The van der Waals surface area contributed by atoms with Gasteiger partial charge in [-0.1, -0.05) is 18.6 Å². The Balaban J connectivity index is 1.41. The van der Waals surface area contributed by atoms with Gasteiger partial charge >= 0.3 is 0 Å². The van der Waals surface area contributed by atoms with Crippen molar-refractivity contribution in [3.63, 3.8) is 0 Å². The van der Waals surface area contributed by atoms with Crippen LogP contribution in [0.5, 0.6) is 0 Å². The second-order valence-corrected chi connectivity index (χ2v) is 7.27. The van der Waals surface area contributed by atoms with Crippen molar-refractivity contribution in [2.24, 2.45) is 0 Å². The SMILES string of the molecule is c1cc([C@@H]2CC[C@H]3CCCCN32)ccc1NC1CCNCC1. The van der Waals surface area contributed by atoms with E-state index in [1.54, 1.807) is 0 Å². The fourth-order valence-electron chi connectivity index (χ4n) is 4.62. The fraction of sp³-hybridized carbons (Fsp3) is 0.684. The van der Waals surface area contributed by atoms with E-state index in [-0.39, 0.29) is 0 Å². The summed E-state index contributed by atoms with van der Waals surface area (Å²) < 4.78 is 0. The van der Waals surface area contributed by atoms with Gasteiger partial charge in [-0.3, -0.25) is 4.90 Å². The molecule has 0 aliphatic carbocycles. The lowest BCUT2D eigenvalue weighted by atomic mass is 10.0. The summed E-state index contributed by atoms with van der Waals surface area (Å²) in [5.41, 5.74) is 2.82. The van der Waals surface area contributed by atoms with Crippen molar-refractivity contribution in [3.05, 3.63) is 29.8 Å². The van der Waals surface area contributed by atoms with Gasteiger partial charge in [0.15, 0.2) is 0 Å². The lowest BCUT2D eigenvalue weighted by Crippen LogP contribution is -2.36. The molecule has 3 heterocycles. The van der Waals surface area contributed by atoms with Gasteiger partial charge in [0.05, 0.1) is 0 Å². The molecular weight excluding hydrogens is 270 g/mol. The maximum atomic E-state index is 3.70. The Labute approximate surface area is 134 Å². The van der Waals surface area contributed by atoms with E-state index in [2.05, 4.69) is 39.8 Å². The van der Waals surface area contributed by atoms with Crippen LogP contribution in [-0.4, -0.2) is 36.6 Å². The average Bonchev–Trinajstić information content (AvgIpc) is 3.01. The van der Waals surface area contributed by atoms with E-state index < -0.39 is 0 Å². The number of piperidine rings is 2. The van der Waals surface area contributed by atoms with Crippen LogP contribution in [0.4, 0.5) is 5.69 Å². The Morgan fingerprint density at radius 2 is 1.73 bits per heavy atom. The third-order valence-electron chi connectivity index (χ3n) is 5.85. The molecule has 3 fully saturated rings. The van der Waals surface area contributed by atoms with E-state index >= 15 is 0 Å². The highest BCUT2D eigenvalue weighted by Crippen LogP contribution is 2.40. The Morgan fingerprint density at radius 3 is 2.55 bits per heavy atom. The lowest BCUT2D eigenvalue weighted by molar-refractivity contribution is 0.150. The van der Waals surface area contributed by atoms with Gasteiger partial charge in [-0.25, -0.2) is 0 Å². The summed E-state index contributed by atoms with van der Waals surface area (Å²) >= 11 is 0. The van der Waals surface area contributed by atoms with Crippen LogP contribution in [0.3, 0.4) is 0 Å². The van der Waals surface area contributed by atoms with Crippen LogP contribution in [0.15, 0.2) is 24.3 Å². The zero-order valence-electron chi connectivity index (χ0n) is 13.6. The molecule has 0 bridgehead atoms. The number of hydrogen-bond acceptors (Lipinski definition) is 3. The lowest BCUT2D eigenvalue weighted by Gasteiger charge is -2.34. The maximum Gasteiger partial charge on any atom is 0.0351 e. The minimum atomic E-state index is 0.644. The molecule has 22 heavy (non-hydrogen) atoms. The molecule has 0 saturated carbocycles. The first kappa shape index (κ1) is 14.5. The number of benzene rings is 1. The number of fused-ring (bicyclic) bond motifs is 1. The number of anilines is 1. The highest BCUT2D eigenvalue weighted by Gasteiger charge is 2.35. The van der Waals surface area contributed by atoms with Crippen LogP contribution < -0.4 is 10.6 Å². The monoisotopic (exact) mass is 299 g/mol. The van der Waals surface area contributed by atoms with Crippen molar-refractivity contribution in [1.29, 1.82) is 0 Å². The molecule has 0 amide bonds. The first-order valence-electron chi connectivity index (χ1n) is 9.23. The second kappa shape index (κ2) is 6.59. The molecule has 1 aromatic rings. The van der Waals surface area contributed by atoms with Crippen molar-refractivity contribution < 1.29 is 0 Å². The third kappa shape index (κ3) is 3.02. The Morgan fingerprint density at radius 1 is 0.909 bits per heavy atom. The van der Waals surface area contributed by atoms with Crippen LogP contribution in [0.2, 0.25) is 0 Å². The Bertz CT molecular complexity index is 478. The summed E-state index contributed by atoms with van der Waals surface area (Å²) in [5, 5.41) is 7.13. The summed E-state index contributed by atoms with van der Waals surface area (Å²) in [7, 11) is 0. The van der Waals surface area contributed by atoms with E-state index in [9.17, 15) is 0 Å². The van der Waals surface area contributed by atoms with Gasteiger partial charge in [0.1, 0.15) is 0 Å². The molecule has 3 saturated heterocycles. The van der Waals surface area contributed by atoms with Crippen molar-refractivity contribution in [1.82, 2.24) is 10.2 Å². The third-order valence-corrected chi connectivity index (χ3v) is 5.85. The molecule has 3 aliphatic rings. The van der Waals surface area contributed by atoms with E-state index in [0.29, 0.717) is 12.1 Å². The fourth-order valence-corrected chi connectivity index (χ4v) is 4.62. The minimum Gasteiger partial charge on any atom is -0.382 e. The van der Waals surface area contributed by atoms with Crippen molar-refractivity contribution in [3.8, 4) is 0 Å². The van der Waals surface area contributed by atoms with Crippen molar-refractivity contribution >= 4 is 5.69 Å². The van der Waals surface area contributed by atoms with Gasteiger partial charge in [-0.15, -0.1) is 0 Å². The molecule has 0 aromatic heterocycles. The van der Waals surface area contributed by atoms with Crippen LogP contribution in [0.1, 0.15) is 56.6 Å². The quantitative estimate of drug-likeness (QED) is 0.894. The number of nitrogens with one attached hydrogen (secondary N) is 2. The average molecular weight is 299 g/mol. The normalized spacial score (nSPS) is 30.2. The molecule has 0 radical (unpaired) electrons. The van der Waals surface area contributed by atoms with Gasteiger partial charge < -0.3 is 10.6 Å². The van der Waals surface area contributed by atoms with Gasteiger partial charge in [-0.05, 0) is 75.9 Å². The zero-order valence-corrected chi connectivity index (χ0v) is 13.6. The van der Waals surface area contributed by atoms with Crippen LogP contribution >= 0.6 is 0 Å². The summed E-state index contributed by atoms with van der Waals surface area (Å²) in [4.78, 5) is 2.78. The predicted octanol–water partition coefficient (Wildman–Crippen LogP) is 3.54. The standard InChI is InChI=1S/C19H29N3/c1-2-14-22-18(3-1)8-9-19(22)15-4-6-16(7-5-15)21-17-10-12-20-13-11-17/h4-7,17-21H,1-3,8-14H2/t18-,19+/m1/s1. The van der Waals surface area contributed by atoms with Crippen molar-refractivity contribution in [2.45, 2.75) is 63.1 Å². The molecule has 120 valence electrons. The van der Waals surface area contributed by atoms with E-state index in [0.717, 1.165) is 19.1 Å². The Kier molecular flexibility index (Phi) is 4.35. The smallest absolute Gasteiger partial charge is 0.0351 e. The largest absolute Gasteiger partial charge is 0.382 e. The van der Waals surface area contributed by atoms with Gasteiger partial charge in [-0.2, -0.15) is 0 Å². The second-order valence-electron chi connectivity index (χ2n) is 7.27. The summed E-state index contributed by atoms with van der Waals surface area (Å²) in [6.07, 6.45) is 9.48.